The van der Waals surface area contributed by atoms with Crippen LogP contribution in [-0.2, 0) is 9.53 Å². The molecule has 0 bridgehead atoms. The smallest absolute Gasteiger partial charge is 0.318 e. The second-order valence-corrected chi connectivity index (χ2v) is 5.65. The Bertz CT molecular complexity index is 725. The Hall–Kier alpha value is -2.50. The lowest BCUT2D eigenvalue weighted by molar-refractivity contribution is -0.114. The molecule has 0 radical (unpaired) electrons. The van der Waals surface area contributed by atoms with Gasteiger partial charge in [-0.25, -0.2) is 4.99 Å². The van der Waals surface area contributed by atoms with Crippen molar-refractivity contribution in [2.75, 3.05) is 20.7 Å². The number of allylic oxidation sites excluding steroid dienone is 1. The lowest BCUT2D eigenvalue weighted by Crippen LogP contribution is -2.41. The van der Waals surface area contributed by atoms with E-state index in [1.165, 1.54) is 24.2 Å². The van der Waals surface area contributed by atoms with Gasteiger partial charge in [0.25, 0.3) is 0 Å². The summed E-state index contributed by atoms with van der Waals surface area (Å²) >= 11 is 0. The number of halogens is 2. The summed E-state index contributed by atoms with van der Waals surface area (Å²) in [6, 6.07) is 8.61. The summed E-state index contributed by atoms with van der Waals surface area (Å²) in [5.41, 5.74) is -1.17. The van der Waals surface area contributed by atoms with Gasteiger partial charge in [-0.15, -0.1) is 0 Å². The Morgan fingerprint density at radius 3 is 2.61 bits per heavy atom. The van der Waals surface area contributed by atoms with Crippen molar-refractivity contribution in [3.63, 3.8) is 0 Å². The molecule has 1 heterocycles. The molecule has 0 aromatic heterocycles. The van der Waals surface area contributed by atoms with Gasteiger partial charge < -0.3 is 9.64 Å². The van der Waals surface area contributed by atoms with E-state index in [1.54, 1.807) is 37.4 Å². The Balaban J connectivity index is 2.07. The number of para-hydroxylation sites is 1. The van der Waals surface area contributed by atoms with Crippen molar-refractivity contribution >= 4 is 17.3 Å². The Kier molecular flexibility index (Phi) is 3.55. The van der Waals surface area contributed by atoms with Gasteiger partial charge in [0, 0.05) is 13.6 Å². The molecule has 0 N–H and O–H groups in total. The number of benzene rings is 1. The van der Waals surface area contributed by atoms with Gasteiger partial charge in [-0.3, -0.25) is 4.79 Å². The van der Waals surface area contributed by atoms with Crippen molar-refractivity contribution in [3.05, 3.63) is 54.3 Å². The minimum Gasteiger partial charge on any atom is -0.493 e. The molecule has 1 aromatic rings. The first-order chi connectivity index (χ1) is 10.9. The molecule has 1 aliphatic heterocycles. The molecule has 1 unspecified atom stereocenters. The number of carbonyl (C=O) groups excluding carboxylic acids is 1. The number of rotatable bonds is 2. The Morgan fingerprint density at radius 2 is 1.96 bits per heavy atom. The first kappa shape index (κ1) is 15.4. The van der Waals surface area contributed by atoms with Gasteiger partial charge in [0.1, 0.15) is 0 Å². The van der Waals surface area contributed by atoms with Gasteiger partial charge in [0.05, 0.1) is 18.2 Å². The van der Waals surface area contributed by atoms with Gasteiger partial charge in [-0.05, 0) is 24.3 Å². The number of hydrogen-bond acceptors (Lipinski definition) is 3. The number of ketones is 1. The summed E-state index contributed by atoms with van der Waals surface area (Å²) in [5, 5.41) is 0. The molecule has 0 amide bonds. The molecule has 2 aliphatic rings. The van der Waals surface area contributed by atoms with Crippen molar-refractivity contribution in [3.8, 4) is 0 Å². The Labute approximate surface area is 132 Å². The third-order valence-corrected chi connectivity index (χ3v) is 4.10. The molecule has 1 spiro atoms. The maximum absolute atomic E-state index is 15.1. The molecule has 1 fully saturated rings. The number of amidine groups is 1. The number of alkyl halides is 2. The van der Waals surface area contributed by atoms with E-state index in [2.05, 4.69) is 4.99 Å². The van der Waals surface area contributed by atoms with E-state index in [0.29, 0.717) is 5.69 Å². The topological polar surface area (TPSA) is 41.9 Å². The van der Waals surface area contributed by atoms with E-state index in [-0.39, 0.29) is 18.1 Å². The van der Waals surface area contributed by atoms with Crippen molar-refractivity contribution in [2.24, 2.45) is 10.4 Å². The fraction of sp³-hybridized carbons (Fsp3) is 0.294. The molecule has 23 heavy (non-hydrogen) atoms. The maximum atomic E-state index is 15.1. The maximum Gasteiger partial charge on any atom is 0.318 e. The van der Waals surface area contributed by atoms with Crippen molar-refractivity contribution in [2.45, 2.75) is 5.92 Å². The van der Waals surface area contributed by atoms with Crippen LogP contribution < -0.4 is 0 Å². The second-order valence-electron chi connectivity index (χ2n) is 5.65. The van der Waals surface area contributed by atoms with Crippen LogP contribution in [0.1, 0.15) is 0 Å². The third-order valence-electron chi connectivity index (χ3n) is 4.10. The molecule has 0 saturated carbocycles. The van der Waals surface area contributed by atoms with Crippen LogP contribution in [0, 0.1) is 5.41 Å². The van der Waals surface area contributed by atoms with Gasteiger partial charge >= 0.3 is 5.92 Å². The number of likely N-dealkylation sites (tertiary alicyclic amines) is 1. The van der Waals surface area contributed by atoms with E-state index >= 15 is 8.78 Å². The minimum atomic E-state index is -3.25. The van der Waals surface area contributed by atoms with Crippen molar-refractivity contribution in [1.29, 1.82) is 0 Å². The second kappa shape index (κ2) is 5.30. The van der Waals surface area contributed by atoms with Gasteiger partial charge in [0.15, 0.2) is 11.6 Å². The molecular weight excluding hydrogens is 302 g/mol. The van der Waals surface area contributed by atoms with E-state index in [9.17, 15) is 4.79 Å². The van der Waals surface area contributed by atoms with Crippen LogP contribution >= 0.6 is 0 Å². The van der Waals surface area contributed by atoms with Crippen molar-refractivity contribution < 1.29 is 18.3 Å². The Morgan fingerprint density at radius 1 is 1.26 bits per heavy atom. The third kappa shape index (κ3) is 2.34. The summed E-state index contributed by atoms with van der Waals surface area (Å²) in [6.45, 7) is 0.0162. The number of ether oxygens (including phenoxy) is 1. The summed E-state index contributed by atoms with van der Waals surface area (Å²) in [7, 11) is 2.86. The fourth-order valence-corrected chi connectivity index (χ4v) is 2.91. The summed E-state index contributed by atoms with van der Waals surface area (Å²) in [4.78, 5) is 17.2. The standard InChI is InChI=1S/C17H16F2N2O2/c1-21-11-16(9-8-13(22)14(10-16)23-2)17(18,19)15(21)20-12-6-4-3-5-7-12/h3-10H,11H2,1-2H3. The molecule has 1 aromatic carbocycles. The normalized spacial score (nSPS) is 27.7. The number of aliphatic imine (C=N–C) groups is 1. The SMILES string of the molecule is COC1=CC2(C=CC1=O)CN(C)C(=Nc1ccccc1)C2(F)F. The zero-order valence-electron chi connectivity index (χ0n) is 12.8. The molecule has 1 atom stereocenters. The van der Waals surface area contributed by atoms with E-state index in [0.717, 1.165) is 6.08 Å². The van der Waals surface area contributed by atoms with Crippen LogP contribution in [0.25, 0.3) is 0 Å². The van der Waals surface area contributed by atoms with Gasteiger partial charge in [0.2, 0.25) is 5.78 Å². The van der Waals surface area contributed by atoms with Crippen LogP contribution in [0.15, 0.2) is 59.3 Å². The first-order valence-corrected chi connectivity index (χ1v) is 7.13. The highest BCUT2D eigenvalue weighted by atomic mass is 19.3. The highest BCUT2D eigenvalue weighted by molar-refractivity contribution is 6.05. The highest BCUT2D eigenvalue weighted by Crippen LogP contribution is 2.49. The molecular formula is C17H16F2N2O2. The first-order valence-electron chi connectivity index (χ1n) is 7.13. The predicted molar refractivity (Wildman–Crippen MR) is 82.8 cm³/mol. The fourth-order valence-electron chi connectivity index (χ4n) is 2.91. The van der Waals surface area contributed by atoms with E-state index in [4.69, 9.17) is 4.74 Å². The molecule has 120 valence electrons. The summed E-state index contributed by atoms with van der Waals surface area (Å²) in [5.74, 6) is -4.06. The van der Waals surface area contributed by atoms with Gasteiger partial charge in [-0.2, -0.15) is 8.78 Å². The zero-order valence-corrected chi connectivity index (χ0v) is 12.8. The number of methoxy groups -OCH3 is 1. The van der Waals surface area contributed by atoms with Crippen molar-refractivity contribution in [1.82, 2.24) is 4.90 Å². The van der Waals surface area contributed by atoms with Gasteiger partial charge in [-0.1, -0.05) is 24.3 Å². The number of hydrogen-bond donors (Lipinski definition) is 0. The average Bonchev–Trinajstić information content (AvgIpc) is 2.71. The largest absolute Gasteiger partial charge is 0.493 e. The summed E-state index contributed by atoms with van der Waals surface area (Å²) in [6.07, 6.45) is 3.60. The van der Waals surface area contributed by atoms with E-state index < -0.39 is 17.1 Å². The number of nitrogens with zero attached hydrogens (tertiary/aromatic N) is 2. The monoisotopic (exact) mass is 318 g/mol. The highest BCUT2D eigenvalue weighted by Gasteiger charge is 2.63. The predicted octanol–water partition coefficient (Wildman–Crippen LogP) is 2.95. The quantitative estimate of drug-likeness (QED) is 0.842. The zero-order chi connectivity index (χ0) is 16.7. The van der Waals surface area contributed by atoms with Crippen LogP contribution in [0.4, 0.5) is 14.5 Å². The van der Waals surface area contributed by atoms with Crippen LogP contribution in [0.2, 0.25) is 0 Å². The molecule has 3 rings (SSSR count). The number of carbonyl (C=O) groups is 1. The molecule has 1 saturated heterocycles. The minimum absolute atomic E-state index is 0.0162. The van der Waals surface area contributed by atoms with Crippen LogP contribution in [-0.4, -0.2) is 43.1 Å². The lowest BCUT2D eigenvalue weighted by atomic mass is 9.79. The summed E-state index contributed by atoms with van der Waals surface area (Å²) < 4.78 is 35.1. The average molecular weight is 318 g/mol. The molecule has 1 aliphatic carbocycles. The lowest BCUT2D eigenvalue weighted by Gasteiger charge is -2.29. The van der Waals surface area contributed by atoms with Crippen LogP contribution in [0.3, 0.4) is 0 Å². The molecule has 6 heteroatoms. The molecule has 4 nitrogen and oxygen atoms in total. The van der Waals surface area contributed by atoms with Crippen LogP contribution in [0.5, 0.6) is 0 Å². The van der Waals surface area contributed by atoms with E-state index in [1.807, 2.05) is 0 Å².